The predicted octanol–water partition coefficient (Wildman–Crippen LogP) is 2.90. The second kappa shape index (κ2) is 5.29. The van der Waals surface area contributed by atoms with E-state index in [4.69, 9.17) is 4.98 Å². The SMILES string of the molecule is CCCn1c(C2NCCCC2C)nc2cnccc21. The first-order valence-electron chi connectivity index (χ1n) is 7.34. The van der Waals surface area contributed by atoms with E-state index in [0.29, 0.717) is 12.0 Å². The minimum absolute atomic E-state index is 0.382. The van der Waals surface area contributed by atoms with Crippen molar-refractivity contribution in [3.63, 3.8) is 0 Å². The van der Waals surface area contributed by atoms with E-state index >= 15 is 0 Å². The third-order valence-electron chi connectivity index (χ3n) is 4.07. The Kier molecular flexibility index (Phi) is 3.51. The number of hydrogen-bond donors (Lipinski definition) is 1. The predicted molar refractivity (Wildman–Crippen MR) is 77.0 cm³/mol. The second-order valence-corrected chi connectivity index (χ2v) is 5.54. The summed E-state index contributed by atoms with van der Waals surface area (Å²) in [6.45, 7) is 6.67. The van der Waals surface area contributed by atoms with Crippen LogP contribution < -0.4 is 5.32 Å². The largest absolute Gasteiger partial charge is 0.327 e. The Morgan fingerprint density at radius 2 is 2.37 bits per heavy atom. The maximum Gasteiger partial charge on any atom is 0.127 e. The van der Waals surface area contributed by atoms with Crippen molar-refractivity contribution >= 4 is 11.0 Å². The highest BCUT2D eigenvalue weighted by atomic mass is 15.1. The first kappa shape index (κ1) is 12.6. The standard InChI is InChI=1S/C15H22N4/c1-3-9-19-13-6-8-16-10-12(13)18-15(19)14-11(2)5-4-7-17-14/h6,8,10-11,14,17H,3-5,7,9H2,1-2H3. The summed E-state index contributed by atoms with van der Waals surface area (Å²) in [5, 5.41) is 3.64. The molecule has 2 unspecified atom stereocenters. The number of nitrogens with zero attached hydrogens (tertiary/aromatic N) is 3. The molecule has 0 radical (unpaired) electrons. The Morgan fingerprint density at radius 3 is 3.16 bits per heavy atom. The summed E-state index contributed by atoms with van der Waals surface area (Å²) in [5.74, 6) is 1.84. The molecule has 4 heteroatoms. The molecule has 0 bridgehead atoms. The third-order valence-corrected chi connectivity index (χ3v) is 4.07. The molecule has 3 heterocycles. The van der Waals surface area contributed by atoms with Gasteiger partial charge in [0, 0.05) is 12.7 Å². The topological polar surface area (TPSA) is 42.7 Å². The van der Waals surface area contributed by atoms with Crippen molar-refractivity contribution in [2.45, 2.75) is 45.7 Å². The zero-order chi connectivity index (χ0) is 13.2. The number of fused-ring (bicyclic) bond motifs is 1. The molecule has 0 amide bonds. The molecule has 19 heavy (non-hydrogen) atoms. The Bertz CT molecular complexity index is 560. The van der Waals surface area contributed by atoms with Gasteiger partial charge in [-0.2, -0.15) is 0 Å². The molecule has 102 valence electrons. The fourth-order valence-corrected chi connectivity index (χ4v) is 3.09. The van der Waals surface area contributed by atoms with Crippen molar-refractivity contribution in [1.29, 1.82) is 0 Å². The van der Waals surface area contributed by atoms with Gasteiger partial charge in [0.2, 0.25) is 0 Å². The molecule has 2 atom stereocenters. The molecular weight excluding hydrogens is 236 g/mol. The molecule has 0 aliphatic carbocycles. The number of aromatic nitrogens is 3. The van der Waals surface area contributed by atoms with E-state index < -0.39 is 0 Å². The van der Waals surface area contributed by atoms with Crippen molar-refractivity contribution in [3.05, 3.63) is 24.3 Å². The smallest absolute Gasteiger partial charge is 0.127 e. The van der Waals surface area contributed by atoms with Crippen LogP contribution in [-0.2, 0) is 6.54 Å². The van der Waals surface area contributed by atoms with Crippen LogP contribution in [0, 0.1) is 5.92 Å². The van der Waals surface area contributed by atoms with Crippen LogP contribution in [0.3, 0.4) is 0 Å². The summed E-state index contributed by atoms with van der Waals surface area (Å²) in [4.78, 5) is 9.04. The maximum atomic E-state index is 4.84. The molecule has 1 aliphatic rings. The monoisotopic (exact) mass is 258 g/mol. The first-order chi connectivity index (χ1) is 9.31. The van der Waals surface area contributed by atoms with Gasteiger partial charge in [-0.15, -0.1) is 0 Å². The van der Waals surface area contributed by atoms with Gasteiger partial charge in [-0.05, 0) is 37.8 Å². The van der Waals surface area contributed by atoms with Crippen LogP contribution in [0.5, 0.6) is 0 Å². The van der Waals surface area contributed by atoms with Gasteiger partial charge < -0.3 is 9.88 Å². The normalized spacial score (nSPS) is 23.9. The number of nitrogens with one attached hydrogen (secondary N) is 1. The lowest BCUT2D eigenvalue weighted by Gasteiger charge is -2.30. The van der Waals surface area contributed by atoms with E-state index in [1.165, 1.54) is 24.2 Å². The summed E-state index contributed by atoms with van der Waals surface area (Å²) in [5.41, 5.74) is 2.23. The fourth-order valence-electron chi connectivity index (χ4n) is 3.09. The number of aryl methyl sites for hydroxylation is 1. The molecule has 4 nitrogen and oxygen atoms in total. The Morgan fingerprint density at radius 1 is 1.47 bits per heavy atom. The molecule has 1 fully saturated rings. The molecular formula is C15H22N4. The molecule has 1 N–H and O–H groups in total. The van der Waals surface area contributed by atoms with Crippen LogP contribution in [0.15, 0.2) is 18.5 Å². The summed E-state index contributed by atoms with van der Waals surface area (Å²) in [7, 11) is 0. The van der Waals surface area contributed by atoms with Gasteiger partial charge in [-0.3, -0.25) is 4.98 Å². The average Bonchev–Trinajstić information content (AvgIpc) is 2.79. The Labute approximate surface area is 114 Å². The van der Waals surface area contributed by atoms with Gasteiger partial charge in [-0.1, -0.05) is 13.8 Å². The van der Waals surface area contributed by atoms with E-state index in [1.807, 2.05) is 12.4 Å². The van der Waals surface area contributed by atoms with E-state index in [-0.39, 0.29) is 0 Å². The Balaban J connectivity index is 2.08. The Hall–Kier alpha value is -1.42. The molecule has 2 aromatic rings. The zero-order valence-corrected chi connectivity index (χ0v) is 11.8. The minimum Gasteiger partial charge on any atom is -0.327 e. The molecule has 2 aromatic heterocycles. The highest BCUT2D eigenvalue weighted by Gasteiger charge is 2.27. The summed E-state index contributed by atoms with van der Waals surface area (Å²) in [6, 6.07) is 2.46. The van der Waals surface area contributed by atoms with Crippen LogP contribution >= 0.6 is 0 Å². The average molecular weight is 258 g/mol. The second-order valence-electron chi connectivity index (χ2n) is 5.54. The number of imidazole rings is 1. The zero-order valence-electron chi connectivity index (χ0n) is 11.8. The van der Waals surface area contributed by atoms with Crippen molar-refractivity contribution in [2.24, 2.45) is 5.92 Å². The quantitative estimate of drug-likeness (QED) is 0.920. The molecule has 0 spiro atoms. The van der Waals surface area contributed by atoms with Gasteiger partial charge in [0.05, 0.1) is 17.8 Å². The minimum atomic E-state index is 0.382. The van der Waals surface area contributed by atoms with E-state index in [2.05, 4.69) is 34.8 Å². The van der Waals surface area contributed by atoms with Gasteiger partial charge in [0.15, 0.2) is 0 Å². The van der Waals surface area contributed by atoms with Gasteiger partial charge in [0.25, 0.3) is 0 Å². The van der Waals surface area contributed by atoms with Crippen LogP contribution in [0.1, 0.15) is 45.0 Å². The highest BCUT2D eigenvalue weighted by molar-refractivity contribution is 5.74. The van der Waals surface area contributed by atoms with Crippen LogP contribution in [0.2, 0.25) is 0 Å². The van der Waals surface area contributed by atoms with E-state index in [9.17, 15) is 0 Å². The number of pyridine rings is 1. The van der Waals surface area contributed by atoms with Crippen molar-refractivity contribution in [3.8, 4) is 0 Å². The molecule has 1 saturated heterocycles. The molecule has 0 saturated carbocycles. The summed E-state index contributed by atoms with van der Waals surface area (Å²) < 4.78 is 2.37. The van der Waals surface area contributed by atoms with Gasteiger partial charge in [0.1, 0.15) is 11.3 Å². The van der Waals surface area contributed by atoms with Crippen molar-refractivity contribution < 1.29 is 0 Å². The maximum absolute atomic E-state index is 4.84. The highest BCUT2D eigenvalue weighted by Crippen LogP contribution is 2.30. The summed E-state index contributed by atoms with van der Waals surface area (Å²) >= 11 is 0. The van der Waals surface area contributed by atoms with Crippen LogP contribution in [0.25, 0.3) is 11.0 Å². The number of piperidine rings is 1. The lowest BCUT2D eigenvalue weighted by atomic mass is 9.92. The molecule has 0 aromatic carbocycles. The van der Waals surface area contributed by atoms with E-state index in [0.717, 1.165) is 25.0 Å². The van der Waals surface area contributed by atoms with Crippen molar-refractivity contribution in [1.82, 2.24) is 19.9 Å². The number of hydrogen-bond acceptors (Lipinski definition) is 3. The molecule has 1 aliphatic heterocycles. The lowest BCUT2D eigenvalue weighted by molar-refractivity contribution is 0.288. The first-order valence-corrected chi connectivity index (χ1v) is 7.34. The molecule has 3 rings (SSSR count). The van der Waals surface area contributed by atoms with Crippen molar-refractivity contribution in [2.75, 3.05) is 6.54 Å². The van der Waals surface area contributed by atoms with E-state index in [1.54, 1.807) is 0 Å². The third kappa shape index (κ3) is 2.25. The van der Waals surface area contributed by atoms with Gasteiger partial charge >= 0.3 is 0 Å². The van der Waals surface area contributed by atoms with Crippen LogP contribution in [-0.4, -0.2) is 21.1 Å². The van der Waals surface area contributed by atoms with Gasteiger partial charge in [-0.25, -0.2) is 4.98 Å². The summed E-state index contributed by atoms with van der Waals surface area (Å²) in [6.07, 6.45) is 7.41. The lowest BCUT2D eigenvalue weighted by Crippen LogP contribution is -2.34. The number of rotatable bonds is 3. The fraction of sp³-hybridized carbons (Fsp3) is 0.600. The van der Waals surface area contributed by atoms with Crippen LogP contribution in [0.4, 0.5) is 0 Å².